The largest absolute Gasteiger partial charge is 0.327 e. The minimum Gasteiger partial charge on any atom is -0.327 e. The Bertz CT molecular complexity index is 67.0. The molecule has 1 heteroatoms. The van der Waals surface area contributed by atoms with Gasteiger partial charge in [0.05, 0.1) is 0 Å². The summed E-state index contributed by atoms with van der Waals surface area (Å²) in [7, 11) is 0. The van der Waals surface area contributed by atoms with E-state index in [9.17, 15) is 0 Å². The van der Waals surface area contributed by atoms with Crippen LogP contribution in [-0.2, 0) is 0 Å². The molecule has 0 aliphatic rings. The van der Waals surface area contributed by atoms with Crippen molar-refractivity contribution >= 4 is 0 Å². The molecule has 1 unspecified atom stereocenters. The van der Waals surface area contributed by atoms with Crippen LogP contribution in [0.15, 0.2) is 0 Å². The summed E-state index contributed by atoms with van der Waals surface area (Å²) in [5.41, 5.74) is 5.82. The van der Waals surface area contributed by atoms with Crippen LogP contribution in [0.3, 0.4) is 0 Å². The topological polar surface area (TPSA) is 26.0 Å². The van der Waals surface area contributed by atoms with Crippen molar-refractivity contribution in [3.63, 3.8) is 0 Å². The lowest BCUT2D eigenvalue weighted by molar-refractivity contribution is 0.406. The molecule has 9 heavy (non-hydrogen) atoms. The Labute approximate surface area is 58.6 Å². The van der Waals surface area contributed by atoms with Crippen LogP contribution in [-0.4, -0.2) is 6.04 Å². The molecule has 0 aliphatic carbocycles. The lowest BCUT2D eigenvalue weighted by Crippen LogP contribution is -2.27. The second-order valence-corrected chi connectivity index (χ2v) is 3.54. The predicted octanol–water partition coefficient (Wildman–Crippen LogP) is 2.02. The normalized spacial score (nSPS) is 15.0. The third-order valence-corrected chi connectivity index (χ3v) is 1.60. The van der Waals surface area contributed by atoms with Crippen LogP contribution in [0.2, 0.25) is 0 Å². The fraction of sp³-hybridized carbons (Fsp3) is 1.00. The SMILES string of the molecule is CC(C)CC(N)C(C)C. The van der Waals surface area contributed by atoms with E-state index in [1.54, 1.807) is 0 Å². The summed E-state index contributed by atoms with van der Waals surface area (Å²) >= 11 is 0. The highest BCUT2D eigenvalue weighted by Crippen LogP contribution is 2.09. The van der Waals surface area contributed by atoms with Crippen LogP contribution < -0.4 is 5.73 Å². The van der Waals surface area contributed by atoms with Crippen molar-refractivity contribution < 1.29 is 0 Å². The van der Waals surface area contributed by atoms with Gasteiger partial charge in [-0.25, -0.2) is 0 Å². The summed E-state index contributed by atoms with van der Waals surface area (Å²) in [4.78, 5) is 0. The lowest BCUT2D eigenvalue weighted by Gasteiger charge is -2.16. The number of hydrogen-bond acceptors (Lipinski definition) is 1. The molecule has 0 amide bonds. The molecule has 0 spiro atoms. The molecular weight excluding hydrogens is 110 g/mol. The minimum absolute atomic E-state index is 0.394. The van der Waals surface area contributed by atoms with Crippen LogP contribution >= 0.6 is 0 Å². The quantitative estimate of drug-likeness (QED) is 0.620. The fourth-order valence-electron chi connectivity index (χ4n) is 0.816. The molecule has 1 nitrogen and oxygen atoms in total. The zero-order valence-electron chi connectivity index (χ0n) is 7.02. The molecule has 0 saturated carbocycles. The molecule has 0 bridgehead atoms. The first-order valence-electron chi connectivity index (χ1n) is 3.79. The maximum Gasteiger partial charge on any atom is 0.00643 e. The number of rotatable bonds is 3. The summed E-state index contributed by atoms with van der Waals surface area (Å²) in [5, 5.41) is 0. The van der Waals surface area contributed by atoms with E-state index in [-0.39, 0.29) is 0 Å². The fourth-order valence-corrected chi connectivity index (χ4v) is 0.816. The van der Waals surface area contributed by atoms with Crippen molar-refractivity contribution in [1.82, 2.24) is 0 Å². The molecule has 2 N–H and O–H groups in total. The van der Waals surface area contributed by atoms with Gasteiger partial charge in [0.2, 0.25) is 0 Å². The van der Waals surface area contributed by atoms with Gasteiger partial charge in [0, 0.05) is 6.04 Å². The first-order chi connectivity index (χ1) is 4.04. The van der Waals surface area contributed by atoms with Gasteiger partial charge in [-0.15, -0.1) is 0 Å². The second kappa shape index (κ2) is 3.89. The molecule has 0 aromatic heterocycles. The monoisotopic (exact) mass is 129 g/mol. The van der Waals surface area contributed by atoms with Gasteiger partial charge >= 0.3 is 0 Å². The highest BCUT2D eigenvalue weighted by Gasteiger charge is 2.08. The van der Waals surface area contributed by atoms with E-state index in [1.807, 2.05) is 0 Å². The Morgan fingerprint density at radius 2 is 1.56 bits per heavy atom. The molecular formula is C8H19N. The van der Waals surface area contributed by atoms with Crippen LogP contribution in [0, 0.1) is 11.8 Å². The van der Waals surface area contributed by atoms with E-state index >= 15 is 0 Å². The average molecular weight is 129 g/mol. The van der Waals surface area contributed by atoms with Crippen molar-refractivity contribution in [2.24, 2.45) is 17.6 Å². The standard InChI is InChI=1S/C8H19N/c1-6(2)5-8(9)7(3)4/h6-8H,5,9H2,1-4H3. The molecule has 0 aromatic carbocycles. The van der Waals surface area contributed by atoms with Gasteiger partial charge in [0.15, 0.2) is 0 Å². The summed E-state index contributed by atoms with van der Waals surface area (Å²) in [6.45, 7) is 8.77. The maximum absolute atomic E-state index is 5.82. The Kier molecular flexibility index (Phi) is 3.87. The van der Waals surface area contributed by atoms with Crippen LogP contribution in [0.4, 0.5) is 0 Å². The molecule has 0 heterocycles. The molecule has 0 fully saturated rings. The summed E-state index contributed by atoms with van der Waals surface area (Å²) < 4.78 is 0. The zero-order chi connectivity index (χ0) is 7.44. The van der Waals surface area contributed by atoms with Gasteiger partial charge in [0.25, 0.3) is 0 Å². The number of hydrogen-bond donors (Lipinski definition) is 1. The van der Waals surface area contributed by atoms with Crippen molar-refractivity contribution in [2.45, 2.75) is 40.2 Å². The Morgan fingerprint density at radius 1 is 1.11 bits per heavy atom. The second-order valence-electron chi connectivity index (χ2n) is 3.54. The molecule has 56 valence electrons. The van der Waals surface area contributed by atoms with Crippen molar-refractivity contribution in [3.05, 3.63) is 0 Å². The molecule has 0 rings (SSSR count). The summed E-state index contributed by atoms with van der Waals surface area (Å²) in [6, 6.07) is 0.394. The highest BCUT2D eigenvalue weighted by atomic mass is 14.6. The van der Waals surface area contributed by atoms with Crippen molar-refractivity contribution in [3.8, 4) is 0 Å². The van der Waals surface area contributed by atoms with Gasteiger partial charge in [-0.3, -0.25) is 0 Å². The van der Waals surface area contributed by atoms with Crippen LogP contribution in [0.1, 0.15) is 34.1 Å². The van der Waals surface area contributed by atoms with E-state index in [0.717, 1.165) is 12.3 Å². The molecule has 1 atom stereocenters. The molecule has 0 aliphatic heterocycles. The van der Waals surface area contributed by atoms with E-state index in [1.165, 1.54) is 0 Å². The third kappa shape index (κ3) is 4.46. The summed E-state index contributed by atoms with van der Waals surface area (Å²) in [5.74, 6) is 1.37. The Hall–Kier alpha value is -0.0400. The minimum atomic E-state index is 0.394. The number of nitrogens with two attached hydrogens (primary N) is 1. The van der Waals surface area contributed by atoms with Gasteiger partial charge in [-0.05, 0) is 18.3 Å². The van der Waals surface area contributed by atoms with E-state index < -0.39 is 0 Å². The first-order valence-corrected chi connectivity index (χ1v) is 3.79. The maximum atomic E-state index is 5.82. The van der Waals surface area contributed by atoms with Gasteiger partial charge in [0.1, 0.15) is 0 Å². The van der Waals surface area contributed by atoms with Gasteiger partial charge in [-0.1, -0.05) is 27.7 Å². The van der Waals surface area contributed by atoms with E-state index in [0.29, 0.717) is 12.0 Å². The van der Waals surface area contributed by atoms with Crippen LogP contribution in [0.5, 0.6) is 0 Å². The molecule has 0 aromatic rings. The zero-order valence-corrected chi connectivity index (χ0v) is 7.02. The lowest BCUT2D eigenvalue weighted by atomic mass is 9.96. The molecule has 0 radical (unpaired) electrons. The first kappa shape index (κ1) is 8.96. The van der Waals surface area contributed by atoms with Gasteiger partial charge < -0.3 is 5.73 Å². The molecule has 0 saturated heterocycles. The van der Waals surface area contributed by atoms with Crippen molar-refractivity contribution in [2.75, 3.05) is 0 Å². The summed E-state index contributed by atoms with van der Waals surface area (Å²) in [6.07, 6.45) is 1.15. The average Bonchev–Trinajstić information content (AvgIpc) is 1.63. The van der Waals surface area contributed by atoms with E-state index in [4.69, 9.17) is 5.73 Å². The highest BCUT2D eigenvalue weighted by molar-refractivity contribution is 4.66. The van der Waals surface area contributed by atoms with E-state index in [2.05, 4.69) is 27.7 Å². The Balaban J connectivity index is 3.38. The predicted molar refractivity (Wildman–Crippen MR) is 42.3 cm³/mol. The van der Waals surface area contributed by atoms with Gasteiger partial charge in [-0.2, -0.15) is 0 Å². The third-order valence-electron chi connectivity index (χ3n) is 1.60. The Morgan fingerprint density at radius 3 is 1.67 bits per heavy atom. The van der Waals surface area contributed by atoms with Crippen LogP contribution in [0.25, 0.3) is 0 Å². The van der Waals surface area contributed by atoms with Crippen molar-refractivity contribution in [1.29, 1.82) is 0 Å². The smallest absolute Gasteiger partial charge is 0.00643 e.